The lowest BCUT2D eigenvalue weighted by Crippen LogP contribution is -2.35. The summed E-state index contributed by atoms with van der Waals surface area (Å²) in [5.74, 6) is 0.577. The van der Waals surface area contributed by atoms with Gasteiger partial charge >= 0.3 is 0 Å². The lowest BCUT2D eigenvalue weighted by molar-refractivity contribution is 0.145. The highest BCUT2D eigenvalue weighted by Gasteiger charge is 2.25. The Balaban J connectivity index is 1.51. The van der Waals surface area contributed by atoms with E-state index in [1.165, 1.54) is 12.8 Å². The van der Waals surface area contributed by atoms with Gasteiger partial charge in [-0.25, -0.2) is 4.52 Å². The molecule has 158 valence electrons. The molecule has 2 fully saturated rings. The van der Waals surface area contributed by atoms with Crippen LogP contribution in [0.3, 0.4) is 0 Å². The Labute approximate surface area is 179 Å². The summed E-state index contributed by atoms with van der Waals surface area (Å²) in [7, 11) is 1.80. The standard InChI is InChI=1S/C24H25N5O2/c1-27-23-14-21(16-6-9-25-20(12-16)15-2-3-15)26-29(23)22-13-17(4-5-19(22)24(27)31)28-10-7-18(30)8-11-28/h4-6,9,12-15,18,30H,2-3,7-8,10-11H2,1H3. The second-order valence-corrected chi connectivity index (χ2v) is 8.83. The van der Waals surface area contributed by atoms with Crippen LogP contribution in [0.5, 0.6) is 0 Å². The zero-order chi connectivity index (χ0) is 21.1. The van der Waals surface area contributed by atoms with Gasteiger partial charge in [0.25, 0.3) is 5.56 Å². The fourth-order valence-electron chi connectivity index (χ4n) is 4.62. The lowest BCUT2D eigenvalue weighted by atomic mass is 10.1. The fourth-order valence-corrected chi connectivity index (χ4v) is 4.62. The van der Waals surface area contributed by atoms with Crippen molar-refractivity contribution in [1.29, 1.82) is 0 Å². The largest absolute Gasteiger partial charge is 0.393 e. The van der Waals surface area contributed by atoms with Gasteiger partial charge in [0.1, 0.15) is 5.65 Å². The molecule has 0 spiro atoms. The summed E-state index contributed by atoms with van der Waals surface area (Å²) in [5.41, 5.74) is 5.62. The molecule has 1 aliphatic heterocycles. The van der Waals surface area contributed by atoms with Crippen LogP contribution in [0.2, 0.25) is 0 Å². The van der Waals surface area contributed by atoms with Crippen molar-refractivity contribution in [3.8, 4) is 11.3 Å². The van der Waals surface area contributed by atoms with Crippen LogP contribution in [0.1, 0.15) is 37.3 Å². The number of aromatic nitrogens is 4. The quantitative estimate of drug-likeness (QED) is 0.557. The van der Waals surface area contributed by atoms with E-state index in [1.54, 1.807) is 11.6 Å². The van der Waals surface area contributed by atoms with Crippen LogP contribution in [0.15, 0.2) is 47.4 Å². The van der Waals surface area contributed by atoms with Gasteiger partial charge in [-0.3, -0.25) is 14.3 Å². The van der Waals surface area contributed by atoms with Gasteiger partial charge in [-0.15, -0.1) is 0 Å². The molecule has 0 unspecified atom stereocenters. The van der Waals surface area contributed by atoms with Crippen molar-refractivity contribution in [2.75, 3.05) is 18.0 Å². The first-order valence-corrected chi connectivity index (χ1v) is 11.0. The molecular formula is C24H25N5O2. The number of hydrogen-bond acceptors (Lipinski definition) is 5. The van der Waals surface area contributed by atoms with Crippen LogP contribution in [0, 0.1) is 0 Å². The van der Waals surface area contributed by atoms with E-state index in [-0.39, 0.29) is 11.7 Å². The second-order valence-electron chi connectivity index (χ2n) is 8.83. The minimum absolute atomic E-state index is 0.0250. The highest BCUT2D eigenvalue weighted by atomic mass is 16.3. The number of benzene rings is 1. The van der Waals surface area contributed by atoms with E-state index in [4.69, 9.17) is 5.10 Å². The molecule has 0 radical (unpaired) electrons. The number of anilines is 1. The first kappa shape index (κ1) is 18.6. The predicted octanol–water partition coefficient (Wildman–Crippen LogP) is 3.09. The number of fused-ring (bicyclic) bond motifs is 3. The van der Waals surface area contributed by atoms with Crippen LogP contribution >= 0.6 is 0 Å². The Morgan fingerprint density at radius 1 is 1.03 bits per heavy atom. The molecule has 2 aliphatic rings. The number of aliphatic hydroxyl groups excluding tert-OH is 1. The lowest BCUT2D eigenvalue weighted by Gasteiger charge is -2.31. The molecule has 4 heterocycles. The number of hydrogen-bond donors (Lipinski definition) is 1. The zero-order valence-corrected chi connectivity index (χ0v) is 17.5. The van der Waals surface area contributed by atoms with Crippen molar-refractivity contribution >= 4 is 22.2 Å². The molecule has 3 aromatic heterocycles. The number of rotatable bonds is 3. The van der Waals surface area contributed by atoms with Crippen molar-refractivity contribution < 1.29 is 5.11 Å². The summed E-state index contributed by atoms with van der Waals surface area (Å²) in [6.45, 7) is 1.62. The molecule has 1 N–H and O–H groups in total. The van der Waals surface area contributed by atoms with Crippen molar-refractivity contribution in [2.24, 2.45) is 7.05 Å². The van der Waals surface area contributed by atoms with E-state index < -0.39 is 0 Å². The van der Waals surface area contributed by atoms with E-state index in [0.29, 0.717) is 11.3 Å². The fraction of sp³-hybridized carbons (Fsp3) is 0.375. The van der Waals surface area contributed by atoms with E-state index in [1.807, 2.05) is 35.0 Å². The van der Waals surface area contributed by atoms with Crippen molar-refractivity contribution in [2.45, 2.75) is 37.7 Å². The van der Waals surface area contributed by atoms with E-state index in [0.717, 1.165) is 59.7 Å². The van der Waals surface area contributed by atoms with Crippen LogP contribution < -0.4 is 10.5 Å². The van der Waals surface area contributed by atoms with Crippen molar-refractivity contribution in [1.82, 2.24) is 19.2 Å². The molecule has 7 nitrogen and oxygen atoms in total. The number of nitrogens with zero attached hydrogens (tertiary/aromatic N) is 5. The summed E-state index contributed by atoms with van der Waals surface area (Å²) in [6, 6.07) is 12.1. The molecule has 1 saturated heterocycles. The maximum atomic E-state index is 13.0. The number of piperidine rings is 1. The molecule has 31 heavy (non-hydrogen) atoms. The third-order valence-corrected chi connectivity index (χ3v) is 6.68. The van der Waals surface area contributed by atoms with Gasteiger partial charge in [0.15, 0.2) is 0 Å². The minimum atomic E-state index is -0.217. The van der Waals surface area contributed by atoms with E-state index >= 15 is 0 Å². The summed E-state index contributed by atoms with van der Waals surface area (Å²) in [6.07, 6.45) is 5.58. The summed E-state index contributed by atoms with van der Waals surface area (Å²) in [4.78, 5) is 19.8. The van der Waals surface area contributed by atoms with Gasteiger partial charge in [0.05, 0.1) is 22.7 Å². The average molecular weight is 415 g/mol. The van der Waals surface area contributed by atoms with Gasteiger partial charge in [0, 0.05) is 55.3 Å². The Morgan fingerprint density at radius 2 is 1.84 bits per heavy atom. The molecular weight excluding hydrogens is 390 g/mol. The Kier molecular flexibility index (Phi) is 4.14. The third kappa shape index (κ3) is 3.11. The van der Waals surface area contributed by atoms with Gasteiger partial charge in [-0.05, 0) is 56.0 Å². The number of aliphatic hydroxyl groups is 1. The maximum Gasteiger partial charge on any atom is 0.261 e. The third-order valence-electron chi connectivity index (χ3n) is 6.68. The van der Waals surface area contributed by atoms with Crippen LogP contribution in [-0.4, -0.2) is 43.5 Å². The van der Waals surface area contributed by atoms with Crippen LogP contribution in [-0.2, 0) is 7.05 Å². The Hall–Kier alpha value is -3.19. The highest BCUT2D eigenvalue weighted by Crippen LogP contribution is 2.39. The summed E-state index contributed by atoms with van der Waals surface area (Å²) in [5, 5.41) is 15.4. The molecule has 1 aromatic carbocycles. The molecule has 6 rings (SSSR count). The summed E-state index contributed by atoms with van der Waals surface area (Å²) < 4.78 is 3.55. The molecule has 1 aliphatic carbocycles. The first-order valence-electron chi connectivity index (χ1n) is 11.0. The predicted molar refractivity (Wildman–Crippen MR) is 121 cm³/mol. The number of pyridine rings is 1. The minimum Gasteiger partial charge on any atom is -0.393 e. The molecule has 0 bridgehead atoms. The average Bonchev–Trinajstić information content (AvgIpc) is 3.56. The molecule has 7 heteroatoms. The molecule has 0 atom stereocenters. The molecule has 0 amide bonds. The van der Waals surface area contributed by atoms with Crippen LogP contribution in [0.25, 0.3) is 27.8 Å². The highest BCUT2D eigenvalue weighted by molar-refractivity contribution is 5.85. The number of aryl methyl sites for hydroxylation is 1. The Bertz CT molecular complexity index is 1360. The Morgan fingerprint density at radius 3 is 2.61 bits per heavy atom. The molecule has 4 aromatic rings. The first-order chi connectivity index (χ1) is 15.1. The normalized spacial score (nSPS) is 17.7. The van der Waals surface area contributed by atoms with E-state index in [9.17, 15) is 9.90 Å². The smallest absolute Gasteiger partial charge is 0.261 e. The SMILES string of the molecule is Cn1c(=O)c2ccc(N3CCC(O)CC3)cc2n2nc(-c3ccnc(C4CC4)c3)cc12. The second kappa shape index (κ2) is 6.92. The van der Waals surface area contributed by atoms with Gasteiger partial charge in [0.2, 0.25) is 0 Å². The van der Waals surface area contributed by atoms with Crippen molar-refractivity contribution in [3.05, 3.63) is 58.6 Å². The molecule has 1 saturated carbocycles. The van der Waals surface area contributed by atoms with Crippen LogP contribution in [0.4, 0.5) is 5.69 Å². The topological polar surface area (TPSA) is 75.7 Å². The van der Waals surface area contributed by atoms with Crippen molar-refractivity contribution in [3.63, 3.8) is 0 Å². The zero-order valence-electron chi connectivity index (χ0n) is 17.5. The monoisotopic (exact) mass is 415 g/mol. The van der Waals surface area contributed by atoms with Gasteiger partial charge in [-0.1, -0.05) is 0 Å². The van der Waals surface area contributed by atoms with E-state index in [2.05, 4.69) is 22.0 Å². The summed E-state index contributed by atoms with van der Waals surface area (Å²) >= 11 is 0. The van der Waals surface area contributed by atoms with Gasteiger partial charge in [-0.2, -0.15) is 5.10 Å². The maximum absolute atomic E-state index is 13.0. The van der Waals surface area contributed by atoms with Gasteiger partial charge < -0.3 is 10.0 Å².